The van der Waals surface area contributed by atoms with E-state index in [1.807, 2.05) is 0 Å². The summed E-state index contributed by atoms with van der Waals surface area (Å²) in [6.07, 6.45) is 1.91. The Kier molecular flexibility index (Phi) is 2.98. The van der Waals surface area contributed by atoms with Crippen molar-refractivity contribution in [1.82, 2.24) is 5.32 Å². The second-order valence-corrected chi connectivity index (χ2v) is 4.70. The van der Waals surface area contributed by atoms with Gasteiger partial charge in [0.15, 0.2) is 0 Å². The highest BCUT2D eigenvalue weighted by Crippen LogP contribution is 2.29. The Morgan fingerprint density at radius 2 is 2.20 bits per heavy atom. The van der Waals surface area contributed by atoms with Crippen LogP contribution < -0.4 is 5.32 Å². The Morgan fingerprint density at radius 1 is 1.53 bits per heavy atom. The second kappa shape index (κ2) is 4.10. The van der Waals surface area contributed by atoms with Gasteiger partial charge in [-0.2, -0.15) is 0 Å². The van der Waals surface area contributed by atoms with Crippen molar-refractivity contribution in [3.63, 3.8) is 0 Å². The molecule has 15 heavy (non-hydrogen) atoms. The zero-order valence-electron chi connectivity index (χ0n) is 7.69. The van der Waals surface area contributed by atoms with E-state index in [-0.39, 0.29) is 16.6 Å². The molecular weight excluding hydrogens is 284 g/mol. The van der Waals surface area contributed by atoms with Crippen molar-refractivity contribution in [2.75, 3.05) is 0 Å². The van der Waals surface area contributed by atoms with Crippen LogP contribution in [-0.4, -0.2) is 11.9 Å². The predicted molar refractivity (Wildman–Crippen MR) is 59.6 cm³/mol. The lowest BCUT2D eigenvalue weighted by Gasteiger charge is -2.07. The number of benzene rings is 1. The molecule has 1 fully saturated rings. The molecule has 5 heteroatoms. The van der Waals surface area contributed by atoms with Crippen LogP contribution in [0.2, 0.25) is 5.02 Å². The van der Waals surface area contributed by atoms with E-state index in [1.54, 1.807) is 0 Å². The normalized spacial score (nSPS) is 15.1. The average Bonchev–Trinajstić information content (AvgIpc) is 2.96. The summed E-state index contributed by atoms with van der Waals surface area (Å²) >= 11 is 9.00. The van der Waals surface area contributed by atoms with Gasteiger partial charge in [-0.3, -0.25) is 4.79 Å². The molecule has 0 unspecified atom stereocenters. The summed E-state index contributed by atoms with van der Waals surface area (Å²) in [5.74, 6) is -1.04. The number of nitrogens with one attached hydrogen (secondary N) is 1. The van der Waals surface area contributed by atoms with E-state index in [4.69, 9.17) is 11.6 Å². The maximum Gasteiger partial charge on any atom is 0.256 e. The summed E-state index contributed by atoms with van der Waals surface area (Å²) in [4.78, 5) is 11.6. The number of rotatable bonds is 2. The molecule has 1 amide bonds. The average molecular weight is 293 g/mol. The highest BCUT2D eigenvalue weighted by atomic mass is 79.9. The van der Waals surface area contributed by atoms with Crippen molar-refractivity contribution < 1.29 is 9.18 Å². The summed E-state index contributed by atoms with van der Waals surface area (Å²) < 4.78 is 13.9. The van der Waals surface area contributed by atoms with Gasteiger partial charge in [-0.1, -0.05) is 11.6 Å². The van der Waals surface area contributed by atoms with Gasteiger partial charge in [0.05, 0.1) is 10.6 Å². The number of halogens is 3. The first-order valence-electron chi connectivity index (χ1n) is 4.54. The van der Waals surface area contributed by atoms with Crippen LogP contribution in [0, 0.1) is 5.82 Å². The van der Waals surface area contributed by atoms with E-state index < -0.39 is 11.7 Å². The fourth-order valence-corrected chi connectivity index (χ4v) is 1.79. The Balaban J connectivity index is 2.32. The maximum atomic E-state index is 13.4. The minimum absolute atomic E-state index is 0.0852. The molecule has 0 saturated heterocycles. The van der Waals surface area contributed by atoms with Gasteiger partial charge in [0.2, 0.25) is 0 Å². The Bertz CT molecular complexity index is 420. The van der Waals surface area contributed by atoms with E-state index in [0.29, 0.717) is 4.47 Å². The molecule has 0 atom stereocenters. The lowest BCUT2D eigenvalue weighted by Crippen LogP contribution is -2.26. The van der Waals surface area contributed by atoms with Crippen LogP contribution in [0.5, 0.6) is 0 Å². The largest absolute Gasteiger partial charge is 0.349 e. The van der Waals surface area contributed by atoms with Crippen molar-refractivity contribution in [3.8, 4) is 0 Å². The van der Waals surface area contributed by atoms with E-state index in [0.717, 1.165) is 12.8 Å². The van der Waals surface area contributed by atoms with Crippen LogP contribution in [0.15, 0.2) is 16.6 Å². The molecule has 0 aliphatic heterocycles. The van der Waals surface area contributed by atoms with Crippen LogP contribution in [0.3, 0.4) is 0 Å². The fraction of sp³-hybridized carbons (Fsp3) is 0.300. The second-order valence-electron chi connectivity index (χ2n) is 3.47. The first-order valence-corrected chi connectivity index (χ1v) is 5.71. The van der Waals surface area contributed by atoms with Crippen LogP contribution in [-0.2, 0) is 0 Å². The van der Waals surface area contributed by atoms with Crippen molar-refractivity contribution in [3.05, 3.63) is 33.0 Å². The number of carbonyl (C=O) groups is 1. The maximum absolute atomic E-state index is 13.4. The molecule has 2 nitrogen and oxygen atoms in total. The minimum atomic E-state index is -0.596. The first kappa shape index (κ1) is 10.9. The Hall–Kier alpha value is -0.610. The molecule has 1 aromatic carbocycles. The molecule has 0 aromatic heterocycles. The van der Waals surface area contributed by atoms with Gasteiger partial charge in [0.25, 0.3) is 5.91 Å². The SMILES string of the molecule is O=C(NC1CC1)c1c(F)ccc(Br)c1Cl. The lowest BCUT2D eigenvalue weighted by atomic mass is 10.2. The number of amides is 1. The molecule has 80 valence electrons. The van der Waals surface area contributed by atoms with Crippen LogP contribution in [0.4, 0.5) is 4.39 Å². The van der Waals surface area contributed by atoms with Gasteiger partial charge in [0.1, 0.15) is 5.82 Å². The highest BCUT2D eigenvalue weighted by Gasteiger charge is 2.26. The van der Waals surface area contributed by atoms with Gasteiger partial charge in [-0.15, -0.1) is 0 Å². The number of hydrogen-bond donors (Lipinski definition) is 1. The summed E-state index contributed by atoms with van der Waals surface area (Å²) in [6, 6.07) is 2.88. The zero-order chi connectivity index (χ0) is 11.0. The van der Waals surface area contributed by atoms with Gasteiger partial charge < -0.3 is 5.32 Å². The topological polar surface area (TPSA) is 29.1 Å². The van der Waals surface area contributed by atoms with Gasteiger partial charge >= 0.3 is 0 Å². The van der Waals surface area contributed by atoms with E-state index >= 15 is 0 Å². The van der Waals surface area contributed by atoms with Crippen molar-refractivity contribution >= 4 is 33.4 Å². The van der Waals surface area contributed by atoms with Crippen LogP contribution in [0.25, 0.3) is 0 Å². The fourth-order valence-electron chi connectivity index (χ4n) is 1.22. The van der Waals surface area contributed by atoms with Crippen molar-refractivity contribution in [2.24, 2.45) is 0 Å². The minimum Gasteiger partial charge on any atom is -0.349 e. The smallest absolute Gasteiger partial charge is 0.256 e. The van der Waals surface area contributed by atoms with Crippen LogP contribution in [0.1, 0.15) is 23.2 Å². The van der Waals surface area contributed by atoms with Gasteiger partial charge in [-0.05, 0) is 40.9 Å². The third kappa shape index (κ3) is 2.32. The zero-order valence-corrected chi connectivity index (χ0v) is 10.0. The highest BCUT2D eigenvalue weighted by molar-refractivity contribution is 9.10. The molecule has 0 bridgehead atoms. The number of hydrogen-bond acceptors (Lipinski definition) is 1. The Labute approximate surface area is 99.9 Å². The predicted octanol–water partition coefficient (Wildman–Crippen LogP) is 3.13. The lowest BCUT2D eigenvalue weighted by molar-refractivity contribution is 0.0947. The molecule has 2 rings (SSSR count). The van der Waals surface area contributed by atoms with E-state index in [1.165, 1.54) is 12.1 Å². The summed E-state index contributed by atoms with van der Waals surface area (Å²) in [5, 5.41) is 2.81. The molecule has 1 N–H and O–H groups in total. The van der Waals surface area contributed by atoms with Gasteiger partial charge in [0, 0.05) is 10.5 Å². The quantitative estimate of drug-likeness (QED) is 0.834. The summed E-state index contributed by atoms with van der Waals surface area (Å²) in [7, 11) is 0. The van der Waals surface area contributed by atoms with E-state index in [2.05, 4.69) is 21.2 Å². The molecule has 0 heterocycles. The molecule has 1 aliphatic rings. The van der Waals surface area contributed by atoms with Crippen LogP contribution >= 0.6 is 27.5 Å². The monoisotopic (exact) mass is 291 g/mol. The third-order valence-electron chi connectivity index (χ3n) is 2.18. The molecule has 1 aromatic rings. The third-order valence-corrected chi connectivity index (χ3v) is 3.47. The van der Waals surface area contributed by atoms with E-state index in [9.17, 15) is 9.18 Å². The first-order chi connectivity index (χ1) is 7.09. The Morgan fingerprint density at radius 3 is 2.80 bits per heavy atom. The van der Waals surface area contributed by atoms with Gasteiger partial charge in [-0.25, -0.2) is 4.39 Å². The summed E-state index contributed by atoms with van der Waals surface area (Å²) in [6.45, 7) is 0. The van der Waals surface area contributed by atoms with Crippen molar-refractivity contribution in [1.29, 1.82) is 0 Å². The molecule has 1 saturated carbocycles. The van der Waals surface area contributed by atoms with Crippen molar-refractivity contribution in [2.45, 2.75) is 18.9 Å². The molecular formula is C10H8BrClFNO. The standard InChI is InChI=1S/C10H8BrClFNO/c11-6-3-4-7(13)8(9(6)12)10(15)14-5-1-2-5/h3-5H,1-2H2,(H,14,15). The number of carbonyl (C=O) groups excluding carboxylic acids is 1. The molecule has 1 aliphatic carbocycles. The summed E-state index contributed by atoms with van der Waals surface area (Å²) in [5.41, 5.74) is -0.0852. The molecule has 0 radical (unpaired) electrons. The molecule has 0 spiro atoms.